The van der Waals surface area contributed by atoms with Crippen LogP contribution >= 0.6 is 0 Å². The number of rotatable bonds is 6. The van der Waals surface area contributed by atoms with Crippen molar-refractivity contribution < 1.29 is 23.5 Å². The van der Waals surface area contributed by atoms with E-state index in [-0.39, 0.29) is 29.7 Å². The fraction of sp³-hybridized carbons (Fsp3) is 0.640. The van der Waals surface area contributed by atoms with Gasteiger partial charge in [-0.3, -0.25) is 19.3 Å². The molecule has 0 unspecified atom stereocenters. The quantitative estimate of drug-likeness (QED) is 0.633. The molecule has 2 atom stereocenters. The predicted molar refractivity (Wildman–Crippen MR) is 126 cm³/mol. The van der Waals surface area contributed by atoms with Gasteiger partial charge in [0.15, 0.2) is 0 Å². The number of carbonyl (C=O) groups excluding carboxylic acids is 3. The van der Waals surface area contributed by atoms with E-state index in [0.717, 1.165) is 44.8 Å². The maximum absolute atomic E-state index is 13.2. The zero-order valence-corrected chi connectivity index (χ0v) is 20.1. The topological polar surface area (TPSA) is 82.2 Å². The highest BCUT2D eigenvalue weighted by Crippen LogP contribution is 2.44. The van der Waals surface area contributed by atoms with Crippen molar-refractivity contribution in [2.75, 3.05) is 50.7 Å². The maximum Gasteiger partial charge on any atom is 0.312 e. The Morgan fingerprint density at radius 2 is 1.76 bits per heavy atom. The second-order valence-corrected chi connectivity index (χ2v) is 9.85. The Hall–Kier alpha value is -2.68. The van der Waals surface area contributed by atoms with Crippen LogP contribution in [0.5, 0.6) is 0 Å². The third-order valence-electron chi connectivity index (χ3n) is 7.48. The zero-order chi connectivity index (χ0) is 24.3. The number of hydrogen-bond acceptors (Lipinski definition) is 6. The smallest absolute Gasteiger partial charge is 0.312 e. The van der Waals surface area contributed by atoms with Crippen LogP contribution in [0.3, 0.4) is 0 Å². The Bertz CT molecular complexity index is 893. The van der Waals surface area contributed by atoms with E-state index in [4.69, 9.17) is 4.74 Å². The summed E-state index contributed by atoms with van der Waals surface area (Å²) < 4.78 is 18.9. The number of hydrogen-bond donors (Lipinski definition) is 1. The summed E-state index contributed by atoms with van der Waals surface area (Å²) in [7, 11) is 0. The van der Waals surface area contributed by atoms with Crippen LogP contribution in [0.4, 0.5) is 10.1 Å². The van der Waals surface area contributed by atoms with E-state index < -0.39 is 11.5 Å². The number of amides is 2. The molecule has 0 aliphatic carbocycles. The van der Waals surface area contributed by atoms with Crippen LogP contribution in [-0.4, -0.2) is 85.5 Å². The lowest BCUT2D eigenvalue weighted by atomic mass is 9.75. The van der Waals surface area contributed by atoms with E-state index in [2.05, 4.69) is 15.1 Å². The molecule has 3 heterocycles. The Morgan fingerprint density at radius 3 is 2.38 bits per heavy atom. The molecule has 34 heavy (non-hydrogen) atoms. The molecule has 1 aromatic carbocycles. The molecule has 1 aromatic rings. The second-order valence-electron chi connectivity index (χ2n) is 9.85. The molecule has 4 rings (SSSR count). The minimum atomic E-state index is -0.557. The maximum atomic E-state index is 13.2. The summed E-state index contributed by atoms with van der Waals surface area (Å²) in [6.45, 7) is 8.61. The first-order valence-electron chi connectivity index (χ1n) is 12.3. The first kappa shape index (κ1) is 24.4. The highest BCUT2D eigenvalue weighted by Gasteiger charge is 2.50. The molecule has 0 radical (unpaired) electrons. The minimum absolute atomic E-state index is 0.0804. The molecule has 0 bridgehead atoms. The normalized spacial score (nSPS) is 23.6. The van der Waals surface area contributed by atoms with Crippen LogP contribution in [0.1, 0.15) is 39.5 Å². The summed E-state index contributed by atoms with van der Waals surface area (Å²) in [5, 5.41) is 2.63. The average Bonchev–Trinajstić information content (AvgIpc) is 3.12. The van der Waals surface area contributed by atoms with Crippen molar-refractivity contribution >= 4 is 23.5 Å². The number of cyclic esters (lactones) is 1. The van der Waals surface area contributed by atoms with Crippen molar-refractivity contribution in [2.24, 2.45) is 5.41 Å². The molecule has 0 aromatic heterocycles. The zero-order valence-electron chi connectivity index (χ0n) is 20.1. The van der Waals surface area contributed by atoms with E-state index in [0.29, 0.717) is 32.4 Å². The van der Waals surface area contributed by atoms with Gasteiger partial charge in [-0.15, -0.1) is 0 Å². The molecule has 2 amide bonds. The molecule has 3 aliphatic heterocycles. The van der Waals surface area contributed by atoms with Gasteiger partial charge in [0.25, 0.3) is 0 Å². The summed E-state index contributed by atoms with van der Waals surface area (Å²) in [6.07, 6.45) is 2.66. The lowest BCUT2D eigenvalue weighted by molar-refractivity contribution is -0.153. The number of esters is 1. The van der Waals surface area contributed by atoms with Crippen LogP contribution in [0.2, 0.25) is 0 Å². The highest BCUT2D eigenvalue weighted by molar-refractivity contribution is 5.87. The Balaban J connectivity index is 1.21. The molecule has 0 saturated carbocycles. The van der Waals surface area contributed by atoms with Crippen molar-refractivity contribution in [1.82, 2.24) is 15.1 Å². The van der Waals surface area contributed by atoms with Gasteiger partial charge in [-0.25, -0.2) is 4.39 Å². The number of piperazine rings is 1. The monoisotopic (exact) mass is 474 g/mol. The van der Waals surface area contributed by atoms with Gasteiger partial charge < -0.3 is 19.9 Å². The van der Waals surface area contributed by atoms with Gasteiger partial charge in [0, 0.05) is 64.8 Å². The Kier molecular flexibility index (Phi) is 7.40. The van der Waals surface area contributed by atoms with Crippen LogP contribution in [0.25, 0.3) is 0 Å². The van der Waals surface area contributed by atoms with Gasteiger partial charge >= 0.3 is 5.97 Å². The molecule has 3 saturated heterocycles. The summed E-state index contributed by atoms with van der Waals surface area (Å²) in [5.41, 5.74) is 0.559. The Morgan fingerprint density at radius 1 is 1.12 bits per heavy atom. The number of carbonyl (C=O) groups is 3. The molecule has 1 spiro atoms. The van der Waals surface area contributed by atoms with E-state index in [1.54, 1.807) is 11.8 Å². The van der Waals surface area contributed by atoms with Crippen molar-refractivity contribution in [2.45, 2.75) is 51.7 Å². The third-order valence-corrected chi connectivity index (χ3v) is 7.48. The van der Waals surface area contributed by atoms with Crippen LogP contribution in [-0.2, 0) is 19.1 Å². The number of benzene rings is 1. The summed E-state index contributed by atoms with van der Waals surface area (Å²) in [4.78, 5) is 43.0. The van der Waals surface area contributed by atoms with Crippen molar-refractivity contribution in [1.29, 1.82) is 0 Å². The van der Waals surface area contributed by atoms with Gasteiger partial charge in [0.2, 0.25) is 11.8 Å². The minimum Gasteiger partial charge on any atom is -0.462 e. The highest BCUT2D eigenvalue weighted by atomic mass is 19.1. The summed E-state index contributed by atoms with van der Waals surface area (Å²) >= 11 is 0. The Labute approximate surface area is 200 Å². The van der Waals surface area contributed by atoms with Gasteiger partial charge in [-0.2, -0.15) is 0 Å². The second kappa shape index (κ2) is 10.3. The number of nitrogens with one attached hydrogen (secondary N) is 1. The summed E-state index contributed by atoms with van der Waals surface area (Å²) in [5.74, 6) is -0.676. The fourth-order valence-electron chi connectivity index (χ4n) is 5.41. The molecule has 1 N–H and O–H groups in total. The SMILES string of the molecule is CC(=O)N[C@@H](C)C(=O)N1CCC2(CC1)C[C@H](CCN1CCN(c3ccc(F)cc3)CC1)OC2=O. The van der Waals surface area contributed by atoms with Crippen molar-refractivity contribution in [3.63, 3.8) is 0 Å². The van der Waals surface area contributed by atoms with E-state index in [1.807, 2.05) is 12.1 Å². The van der Waals surface area contributed by atoms with E-state index in [9.17, 15) is 18.8 Å². The predicted octanol–water partition coefficient (Wildman–Crippen LogP) is 1.79. The van der Waals surface area contributed by atoms with Gasteiger partial charge in [-0.05, 0) is 50.5 Å². The molecule has 3 aliphatic rings. The molecular formula is C25H35FN4O4. The molecular weight excluding hydrogens is 439 g/mol. The van der Waals surface area contributed by atoms with E-state index in [1.165, 1.54) is 19.1 Å². The van der Waals surface area contributed by atoms with Crippen molar-refractivity contribution in [3.05, 3.63) is 30.1 Å². The largest absolute Gasteiger partial charge is 0.462 e. The van der Waals surface area contributed by atoms with Crippen LogP contribution < -0.4 is 10.2 Å². The van der Waals surface area contributed by atoms with Gasteiger partial charge in [-0.1, -0.05) is 0 Å². The summed E-state index contributed by atoms with van der Waals surface area (Å²) in [6, 6.07) is 6.08. The van der Waals surface area contributed by atoms with E-state index >= 15 is 0 Å². The van der Waals surface area contributed by atoms with Crippen LogP contribution in [0.15, 0.2) is 24.3 Å². The molecule has 9 heteroatoms. The number of halogens is 1. The number of likely N-dealkylation sites (tertiary alicyclic amines) is 1. The third kappa shape index (κ3) is 5.51. The number of ether oxygens (including phenoxy) is 1. The number of anilines is 1. The molecule has 8 nitrogen and oxygen atoms in total. The first-order chi connectivity index (χ1) is 16.3. The first-order valence-corrected chi connectivity index (χ1v) is 12.3. The van der Waals surface area contributed by atoms with Crippen LogP contribution in [0, 0.1) is 11.2 Å². The standard InChI is InChI=1S/C25H35FN4O4/c1-18(27-19(2)31)23(32)30-11-8-25(9-12-30)17-22(34-24(25)33)7-10-28-13-15-29(16-14-28)21-5-3-20(26)4-6-21/h3-6,18,22H,7-17H2,1-2H3,(H,27,31)/t18-,22-/m0/s1. The fourth-order valence-corrected chi connectivity index (χ4v) is 5.41. The lowest BCUT2D eigenvalue weighted by Gasteiger charge is -2.37. The van der Waals surface area contributed by atoms with Gasteiger partial charge in [0.1, 0.15) is 18.0 Å². The lowest BCUT2D eigenvalue weighted by Crippen LogP contribution is -2.51. The van der Waals surface area contributed by atoms with Crippen molar-refractivity contribution in [3.8, 4) is 0 Å². The molecule has 186 valence electrons. The molecule has 3 fully saturated rings. The average molecular weight is 475 g/mol. The number of nitrogens with zero attached hydrogens (tertiary/aromatic N) is 3. The number of piperidine rings is 1. The van der Waals surface area contributed by atoms with Gasteiger partial charge in [0.05, 0.1) is 5.41 Å².